The fraction of sp³-hybridized carbons (Fsp3) is 0.966. The molecule has 1 heterocycles. The molecule has 0 aromatic carbocycles. The monoisotopic (exact) mass is 459 g/mol. The molecule has 1 amide bonds. The van der Waals surface area contributed by atoms with Gasteiger partial charge in [-0.15, -0.1) is 0 Å². The van der Waals surface area contributed by atoms with Crippen molar-refractivity contribution >= 4 is 6.09 Å². The quantitative estimate of drug-likeness (QED) is 0.483. The van der Waals surface area contributed by atoms with Crippen molar-refractivity contribution in [1.82, 2.24) is 5.32 Å². The van der Waals surface area contributed by atoms with Crippen molar-refractivity contribution in [1.29, 1.82) is 0 Å². The Morgan fingerprint density at radius 3 is 2.64 bits per heavy atom. The third kappa shape index (κ3) is 4.47. The highest BCUT2D eigenvalue weighted by Gasteiger charge is 2.58. The molecule has 5 aliphatic rings. The van der Waals surface area contributed by atoms with E-state index in [9.17, 15) is 4.79 Å². The smallest absolute Gasteiger partial charge is 0.407 e. The molecule has 9 unspecified atom stereocenters. The van der Waals surface area contributed by atoms with Gasteiger partial charge >= 0.3 is 6.09 Å². The summed E-state index contributed by atoms with van der Waals surface area (Å²) in [5.41, 5.74) is 1.13. The summed E-state index contributed by atoms with van der Waals surface area (Å²) in [6.45, 7) is 9.82. The van der Waals surface area contributed by atoms with Crippen LogP contribution in [-0.2, 0) is 9.47 Å². The van der Waals surface area contributed by atoms with Crippen molar-refractivity contribution in [3.8, 4) is 0 Å². The first-order valence-electron chi connectivity index (χ1n) is 14.4. The van der Waals surface area contributed by atoms with Crippen LogP contribution in [-0.4, -0.2) is 32.0 Å². The van der Waals surface area contributed by atoms with Crippen LogP contribution in [0.25, 0.3) is 0 Å². The predicted octanol–water partition coefficient (Wildman–Crippen LogP) is 6.97. The third-order valence-corrected chi connectivity index (χ3v) is 11.6. The van der Waals surface area contributed by atoms with Crippen molar-refractivity contribution in [3.05, 3.63) is 0 Å². The summed E-state index contributed by atoms with van der Waals surface area (Å²) >= 11 is 0. The van der Waals surface area contributed by atoms with E-state index in [4.69, 9.17) is 9.47 Å². The Balaban J connectivity index is 1.19. The summed E-state index contributed by atoms with van der Waals surface area (Å²) < 4.78 is 10.8. The van der Waals surface area contributed by atoms with E-state index >= 15 is 0 Å². The molecule has 9 atom stereocenters. The molecular formula is C29H49NO3. The van der Waals surface area contributed by atoms with Crippen molar-refractivity contribution in [3.63, 3.8) is 0 Å². The van der Waals surface area contributed by atoms with Crippen molar-refractivity contribution in [2.75, 3.05) is 19.8 Å². The first-order valence-corrected chi connectivity index (χ1v) is 14.4. The number of ether oxygens (including phenoxy) is 2. The van der Waals surface area contributed by atoms with Gasteiger partial charge in [0.1, 0.15) is 6.10 Å². The number of nitrogens with one attached hydrogen (secondary N) is 1. The molecule has 1 N–H and O–H groups in total. The molecule has 33 heavy (non-hydrogen) atoms. The molecule has 1 saturated heterocycles. The lowest BCUT2D eigenvalue weighted by molar-refractivity contribution is -0.148. The predicted molar refractivity (Wildman–Crippen MR) is 132 cm³/mol. The van der Waals surface area contributed by atoms with Gasteiger partial charge in [0.2, 0.25) is 0 Å². The van der Waals surface area contributed by atoms with Crippen LogP contribution in [0.3, 0.4) is 0 Å². The molecule has 0 aromatic rings. The number of carbonyl (C=O) groups excluding carboxylic acids is 1. The lowest BCUT2D eigenvalue weighted by Crippen LogP contribution is -2.56. The molecular weight excluding hydrogens is 410 g/mol. The maximum atomic E-state index is 12.2. The van der Waals surface area contributed by atoms with Crippen LogP contribution in [0.5, 0.6) is 0 Å². The number of carbonyl (C=O) groups is 1. The lowest BCUT2D eigenvalue weighted by atomic mass is 9.41. The Morgan fingerprint density at radius 2 is 1.82 bits per heavy atom. The zero-order chi connectivity index (χ0) is 23.1. The highest BCUT2D eigenvalue weighted by atomic mass is 16.6. The maximum Gasteiger partial charge on any atom is 0.407 e. The molecule has 0 spiro atoms. The van der Waals surface area contributed by atoms with Crippen LogP contribution >= 0.6 is 0 Å². The van der Waals surface area contributed by atoms with Gasteiger partial charge in [-0.05, 0) is 104 Å². The Bertz CT molecular complexity index is 690. The standard InChI is InChI=1S/C29H49NO3/c1-20(13-17-30-27(31)33-22-14-18-32-19-22)24-8-6-9-25-23-11-10-21-7-4-5-15-28(21,2)26(23)12-16-29(24,25)3/h20-26H,4-19H2,1-3H3,(H,30,31). The Labute approximate surface area is 202 Å². The minimum absolute atomic E-state index is 0.0586. The Kier molecular flexibility index (Phi) is 7.04. The van der Waals surface area contributed by atoms with E-state index in [-0.39, 0.29) is 12.2 Å². The number of alkyl carbamates (subject to hydrolysis) is 1. The average Bonchev–Trinajstić information content (AvgIpc) is 3.30. The van der Waals surface area contributed by atoms with E-state index in [0.29, 0.717) is 30.0 Å². The van der Waals surface area contributed by atoms with E-state index in [2.05, 4.69) is 26.1 Å². The number of amides is 1. The molecule has 188 valence electrons. The minimum atomic E-state index is -0.261. The molecule has 0 radical (unpaired) electrons. The number of hydrogen-bond acceptors (Lipinski definition) is 3. The van der Waals surface area contributed by atoms with Gasteiger partial charge in [-0.25, -0.2) is 4.79 Å². The highest BCUT2D eigenvalue weighted by Crippen LogP contribution is 2.67. The lowest BCUT2D eigenvalue weighted by Gasteiger charge is -2.64. The first-order chi connectivity index (χ1) is 15.9. The van der Waals surface area contributed by atoms with Gasteiger partial charge in [0.05, 0.1) is 13.2 Å². The molecule has 0 bridgehead atoms. The van der Waals surface area contributed by atoms with Crippen LogP contribution in [0.15, 0.2) is 0 Å². The highest BCUT2D eigenvalue weighted by molar-refractivity contribution is 5.67. The van der Waals surface area contributed by atoms with Gasteiger partial charge in [0.15, 0.2) is 0 Å². The fourth-order valence-corrected chi connectivity index (χ4v) is 9.87. The zero-order valence-electron chi connectivity index (χ0n) is 21.6. The summed E-state index contributed by atoms with van der Waals surface area (Å²) in [7, 11) is 0. The topological polar surface area (TPSA) is 47.6 Å². The van der Waals surface area contributed by atoms with E-state index in [0.717, 1.165) is 49.0 Å². The average molecular weight is 460 g/mol. The van der Waals surface area contributed by atoms with Crippen LogP contribution in [0, 0.1) is 46.3 Å². The normalized spacial score (nSPS) is 45.9. The molecule has 4 saturated carbocycles. The molecule has 5 fully saturated rings. The Hall–Kier alpha value is -0.770. The van der Waals surface area contributed by atoms with Gasteiger partial charge in [0, 0.05) is 13.0 Å². The summed E-state index contributed by atoms with van der Waals surface area (Å²) in [5, 5.41) is 3.03. The SMILES string of the molecule is CC(CCNC(=O)OC1CCOC1)C1CCCC2C3CCC4CCCCC4(C)C3CCC12C. The molecule has 4 nitrogen and oxygen atoms in total. The van der Waals surface area contributed by atoms with Crippen LogP contribution in [0.4, 0.5) is 4.79 Å². The van der Waals surface area contributed by atoms with Gasteiger partial charge in [-0.1, -0.05) is 40.0 Å². The summed E-state index contributed by atoms with van der Waals surface area (Å²) in [6.07, 6.45) is 17.7. The van der Waals surface area contributed by atoms with Crippen LogP contribution in [0.2, 0.25) is 0 Å². The molecule has 5 rings (SSSR count). The van der Waals surface area contributed by atoms with Gasteiger partial charge < -0.3 is 14.8 Å². The van der Waals surface area contributed by atoms with Crippen molar-refractivity contribution in [2.45, 2.75) is 110 Å². The van der Waals surface area contributed by atoms with Gasteiger partial charge in [-0.2, -0.15) is 0 Å². The molecule has 0 aromatic heterocycles. The third-order valence-electron chi connectivity index (χ3n) is 11.6. The van der Waals surface area contributed by atoms with Crippen molar-refractivity contribution in [2.24, 2.45) is 46.3 Å². The minimum Gasteiger partial charge on any atom is -0.444 e. The summed E-state index contributed by atoms with van der Waals surface area (Å²) in [6, 6.07) is 0. The number of fused-ring (bicyclic) bond motifs is 5. The van der Waals surface area contributed by atoms with E-state index < -0.39 is 0 Å². The van der Waals surface area contributed by atoms with E-state index in [1.807, 2.05) is 0 Å². The maximum absolute atomic E-state index is 12.2. The molecule has 4 aliphatic carbocycles. The van der Waals surface area contributed by atoms with Crippen LogP contribution < -0.4 is 5.32 Å². The zero-order valence-corrected chi connectivity index (χ0v) is 21.6. The second kappa shape index (κ2) is 9.70. The van der Waals surface area contributed by atoms with E-state index in [1.165, 1.54) is 70.6 Å². The van der Waals surface area contributed by atoms with E-state index in [1.54, 1.807) is 0 Å². The molecule has 1 aliphatic heterocycles. The molecule has 4 heteroatoms. The Morgan fingerprint density at radius 1 is 0.970 bits per heavy atom. The fourth-order valence-electron chi connectivity index (χ4n) is 9.87. The van der Waals surface area contributed by atoms with Gasteiger partial charge in [-0.3, -0.25) is 0 Å². The second-order valence-electron chi connectivity index (χ2n) is 13.1. The summed E-state index contributed by atoms with van der Waals surface area (Å²) in [5.74, 6) is 5.36. The van der Waals surface area contributed by atoms with Crippen LogP contribution in [0.1, 0.15) is 104 Å². The van der Waals surface area contributed by atoms with Crippen molar-refractivity contribution < 1.29 is 14.3 Å². The first kappa shape index (κ1) is 23.9. The second-order valence-corrected chi connectivity index (χ2v) is 13.1. The van der Waals surface area contributed by atoms with Gasteiger partial charge in [0.25, 0.3) is 0 Å². The largest absolute Gasteiger partial charge is 0.444 e. The number of hydrogen-bond donors (Lipinski definition) is 1. The summed E-state index contributed by atoms with van der Waals surface area (Å²) in [4.78, 5) is 12.2. The number of rotatable bonds is 5.